The molecule has 4 aliphatic carbocycles. The number of hydrogen-bond acceptors (Lipinski definition) is 3. The smallest absolute Gasteiger partial charge is 0.178 e. The van der Waals surface area contributed by atoms with Crippen LogP contribution in [0, 0.1) is 34.5 Å². The molecule has 3 heteroatoms. The number of Topliss-reactive ketones (excluding diaryl/α,β-unsaturated/α-hetero) is 1. The van der Waals surface area contributed by atoms with Gasteiger partial charge in [-0.05, 0) is 55.6 Å². The van der Waals surface area contributed by atoms with Crippen molar-refractivity contribution < 1.29 is 14.3 Å². The van der Waals surface area contributed by atoms with Crippen molar-refractivity contribution in [2.75, 3.05) is 13.7 Å². The summed E-state index contributed by atoms with van der Waals surface area (Å²) < 4.78 is 5.50. The summed E-state index contributed by atoms with van der Waals surface area (Å²) >= 11 is 0. The summed E-state index contributed by atoms with van der Waals surface area (Å²) in [6.07, 6.45) is 10.8. The first-order chi connectivity index (χ1) is 11.4. The third-order valence-electron chi connectivity index (χ3n) is 7.79. The molecule has 0 N–H and O–H groups in total. The van der Waals surface area contributed by atoms with Gasteiger partial charge in [-0.25, -0.2) is 0 Å². The summed E-state index contributed by atoms with van der Waals surface area (Å²) in [5.41, 5.74) is 1.11. The van der Waals surface area contributed by atoms with E-state index >= 15 is 0 Å². The minimum absolute atomic E-state index is 0.0486. The van der Waals surface area contributed by atoms with Crippen LogP contribution in [0.25, 0.3) is 0 Å². The quantitative estimate of drug-likeness (QED) is 0.775. The molecule has 0 aromatic rings. The zero-order valence-electron chi connectivity index (χ0n) is 15.0. The summed E-state index contributed by atoms with van der Waals surface area (Å²) in [6.45, 7) is 5.19. The molecule has 3 fully saturated rings. The van der Waals surface area contributed by atoms with E-state index in [9.17, 15) is 9.59 Å². The van der Waals surface area contributed by atoms with Crippen LogP contribution in [0.3, 0.4) is 0 Å². The van der Waals surface area contributed by atoms with Crippen LogP contribution in [-0.2, 0) is 14.3 Å². The molecule has 130 valence electrons. The van der Waals surface area contributed by atoms with Crippen LogP contribution < -0.4 is 0 Å². The van der Waals surface area contributed by atoms with Gasteiger partial charge in [-0.2, -0.15) is 0 Å². The van der Waals surface area contributed by atoms with Crippen molar-refractivity contribution in [1.82, 2.24) is 0 Å². The maximum atomic E-state index is 12.5. The predicted octanol–water partition coefficient (Wildman–Crippen LogP) is 3.74. The van der Waals surface area contributed by atoms with E-state index < -0.39 is 0 Å². The molecular formula is C21H28O3. The Balaban J connectivity index is 1.75. The summed E-state index contributed by atoms with van der Waals surface area (Å²) in [6, 6.07) is 0. The van der Waals surface area contributed by atoms with Crippen LogP contribution in [0.1, 0.15) is 46.0 Å². The van der Waals surface area contributed by atoms with Crippen molar-refractivity contribution in [3.05, 3.63) is 23.8 Å². The van der Waals surface area contributed by atoms with Gasteiger partial charge in [0.25, 0.3) is 0 Å². The SMILES string of the molecule is COCC1CC2C(CCC3(C)C(=O)CCC23)C2(C)C=CC(=O)C=C12. The van der Waals surface area contributed by atoms with E-state index in [1.165, 1.54) is 5.57 Å². The average Bonchev–Trinajstić information content (AvgIpc) is 2.85. The van der Waals surface area contributed by atoms with Gasteiger partial charge in [-0.15, -0.1) is 0 Å². The molecule has 0 heterocycles. The number of carbonyl (C=O) groups excluding carboxylic acids is 2. The maximum absolute atomic E-state index is 12.5. The van der Waals surface area contributed by atoms with Crippen LogP contribution >= 0.6 is 0 Å². The number of methoxy groups -OCH3 is 1. The van der Waals surface area contributed by atoms with Gasteiger partial charge < -0.3 is 4.74 Å². The first kappa shape index (κ1) is 16.3. The minimum atomic E-state index is -0.107. The minimum Gasteiger partial charge on any atom is -0.384 e. The largest absolute Gasteiger partial charge is 0.384 e. The van der Waals surface area contributed by atoms with Crippen LogP contribution in [0.15, 0.2) is 23.8 Å². The fourth-order valence-corrected chi connectivity index (χ4v) is 6.55. The Bertz CT molecular complexity index is 645. The second-order valence-electron chi connectivity index (χ2n) is 8.80. The van der Waals surface area contributed by atoms with Gasteiger partial charge in [-0.3, -0.25) is 9.59 Å². The molecule has 6 unspecified atom stereocenters. The summed E-state index contributed by atoms with van der Waals surface area (Å²) in [5, 5.41) is 0. The summed E-state index contributed by atoms with van der Waals surface area (Å²) in [4.78, 5) is 24.5. The van der Waals surface area contributed by atoms with Crippen LogP contribution in [0.4, 0.5) is 0 Å². The van der Waals surface area contributed by atoms with Gasteiger partial charge in [0.05, 0.1) is 6.61 Å². The Kier molecular flexibility index (Phi) is 3.65. The highest BCUT2D eigenvalue weighted by Crippen LogP contribution is 2.64. The molecule has 24 heavy (non-hydrogen) atoms. The zero-order chi connectivity index (χ0) is 17.1. The lowest BCUT2D eigenvalue weighted by molar-refractivity contribution is -0.132. The van der Waals surface area contributed by atoms with Gasteiger partial charge >= 0.3 is 0 Å². The third kappa shape index (κ3) is 2.06. The molecule has 0 spiro atoms. The Morgan fingerprint density at radius 2 is 2.00 bits per heavy atom. The highest BCUT2D eigenvalue weighted by molar-refractivity contribution is 6.01. The van der Waals surface area contributed by atoms with E-state index in [2.05, 4.69) is 19.9 Å². The molecule has 0 aromatic carbocycles. The molecule has 0 aromatic heterocycles. The Morgan fingerprint density at radius 1 is 1.21 bits per heavy atom. The van der Waals surface area contributed by atoms with Gasteiger partial charge in [0, 0.05) is 30.3 Å². The average molecular weight is 328 g/mol. The Labute approximate surface area is 144 Å². The number of fused-ring (bicyclic) bond motifs is 5. The first-order valence-electron chi connectivity index (χ1n) is 9.37. The number of carbonyl (C=O) groups is 2. The molecule has 0 bridgehead atoms. The summed E-state index contributed by atoms with van der Waals surface area (Å²) in [7, 11) is 1.74. The van der Waals surface area contributed by atoms with E-state index in [1.807, 2.05) is 6.08 Å². The molecule has 4 rings (SSSR count). The van der Waals surface area contributed by atoms with Crippen LogP contribution in [0.2, 0.25) is 0 Å². The molecule has 0 radical (unpaired) electrons. The van der Waals surface area contributed by atoms with E-state index in [1.54, 1.807) is 13.2 Å². The topological polar surface area (TPSA) is 43.4 Å². The lowest BCUT2D eigenvalue weighted by atomic mass is 9.46. The van der Waals surface area contributed by atoms with Crippen molar-refractivity contribution in [3.63, 3.8) is 0 Å². The number of hydrogen-bond donors (Lipinski definition) is 0. The lowest BCUT2D eigenvalue weighted by Gasteiger charge is -2.57. The molecule has 0 amide bonds. The lowest BCUT2D eigenvalue weighted by Crippen LogP contribution is -2.52. The van der Waals surface area contributed by atoms with Gasteiger partial charge in [-0.1, -0.05) is 25.5 Å². The number of allylic oxidation sites excluding steroid dienone is 3. The second kappa shape index (κ2) is 5.39. The maximum Gasteiger partial charge on any atom is 0.178 e. The van der Waals surface area contributed by atoms with Gasteiger partial charge in [0.2, 0.25) is 0 Å². The molecule has 4 aliphatic rings. The summed E-state index contributed by atoms with van der Waals surface area (Å²) in [5.74, 6) is 2.51. The predicted molar refractivity (Wildman–Crippen MR) is 92.4 cm³/mol. The van der Waals surface area contributed by atoms with Crippen molar-refractivity contribution in [2.24, 2.45) is 34.5 Å². The van der Waals surface area contributed by atoms with E-state index in [4.69, 9.17) is 4.74 Å². The fourth-order valence-electron chi connectivity index (χ4n) is 6.55. The molecule has 6 atom stereocenters. The Hall–Kier alpha value is -1.22. The first-order valence-corrected chi connectivity index (χ1v) is 9.37. The number of ether oxygens (including phenoxy) is 1. The highest BCUT2D eigenvalue weighted by Gasteiger charge is 2.59. The van der Waals surface area contributed by atoms with Gasteiger partial charge in [0.1, 0.15) is 5.78 Å². The third-order valence-corrected chi connectivity index (χ3v) is 7.79. The van der Waals surface area contributed by atoms with Crippen molar-refractivity contribution in [1.29, 1.82) is 0 Å². The van der Waals surface area contributed by atoms with Crippen molar-refractivity contribution in [3.8, 4) is 0 Å². The molecule has 3 saturated carbocycles. The molecule has 0 saturated heterocycles. The van der Waals surface area contributed by atoms with E-state index in [-0.39, 0.29) is 16.6 Å². The van der Waals surface area contributed by atoms with E-state index in [0.717, 1.165) is 32.1 Å². The monoisotopic (exact) mass is 328 g/mol. The second-order valence-corrected chi connectivity index (χ2v) is 8.80. The van der Waals surface area contributed by atoms with Crippen LogP contribution in [0.5, 0.6) is 0 Å². The molecule has 3 nitrogen and oxygen atoms in total. The Morgan fingerprint density at radius 3 is 2.75 bits per heavy atom. The normalized spacial score (nSPS) is 47.0. The van der Waals surface area contributed by atoms with E-state index in [0.29, 0.717) is 36.1 Å². The molecular weight excluding hydrogens is 300 g/mol. The number of ketones is 2. The van der Waals surface area contributed by atoms with Crippen molar-refractivity contribution in [2.45, 2.75) is 46.0 Å². The van der Waals surface area contributed by atoms with Crippen molar-refractivity contribution >= 4 is 11.6 Å². The molecule has 0 aliphatic heterocycles. The highest BCUT2D eigenvalue weighted by atomic mass is 16.5. The van der Waals surface area contributed by atoms with Gasteiger partial charge in [0.15, 0.2) is 5.78 Å². The van der Waals surface area contributed by atoms with Crippen LogP contribution in [-0.4, -0.2) is 25.3 Å². The standard InChI is InChI=1S/C21H28O3/c1-20-8-6-14(22)11-18(20)13(12-24-3)10-15-16-4-5-19(23)21(16,2)9-7-17(15)20/h6,8,11,13,15-17H,4-5,7,9-10,12H2,1-3H3. The fraction of sp³-hybridized carbons (Fsp3) is 0.714. The number of rotatable bonds is 2. The zero-order valence-corrected chi connectivity index (χ0v) is 15.0.